The first-order chi connectivity index (χ1) is 16.0. The van der Waals surface area contributed by atoms with Crippen molar-refractivity contribution in [3.8, 4) is 0 Å². The van der Waals surface area contributed by atoms with Crippen LogP contribution in [0.15, 0.2) is 36.4 Å². The zero-order chi connectivity index (χ0) is 24.8. The Morgan fingerprint density at radius 3 is 2.29 bits per heavy atom. The number of alkyl halides is 2. The highest BCUT2D eigenvalue weighted by atomic mass is 35.5. The minimum absolute atomic E-state index is 0.0854. The van der Waals surface area contributed by atoms with E-state index in [9.17, 15) is 9.59 Å². The van der Waals surface area contributed by atoms with Gasteiger partial charge in [0.1, 0.15) is 4.33 Å². The molecule has 6 nitrogen and oxygen atoms in total. The van der Waals surface area contributed by atoms with E-state index in [1.54, 1.807) is 38.1 Å². The van der Waals surface area contributed by atoms with Crippen molar-refractivity contribution in [2.45, 2.75) is 30.5 Å². The highest BCUT2D eigenvalue weighted by Gasteiger charge is 2.67. The summed E-state index contributed by atoms with van der Waals surface area (Å²) >= 11 is 31.2. The number of aryl methyl sites for hydroxylation is 2. The van der Waals surface area contributed by atoms with Crippen LogP contribution in [0, 0.1) is 19.8 Å². The maximum Gasteiger partial charge on any atom is 0.231 e. The van der Waals surface area contributed by atoms with Crippen LogP contribution in [0.2, 0.25) is 15.1 Å². The van der Waals surface area contributed by atoms with Crippen LogP contribution >= 0.6 is 58.0 Å². The lowest BCUT2D eigenvalue weighted by Crippen LogP contribution is -2.17. The predicted octanol–water partition coefficient (Wildman–Crippen LogP) is 6.40. The molecule has 1 N–H and O–H groups in total. The monoisotopic (exact) mass is 556 g/mol. The van der Waals surface area contributed by atoms with Gasteiger partial charge >= 0.3 is 0 Å². The smallest absolute Gasteiger partial charge is 0.231 e. The summed E-state index contributed by atoms with van der Waals surface area (Å²) in [6.07, 6.45) is -0.0854. The molecule has 1 amide bonds. The molecule has 2 aromatic carbocycles. The van der Waals surface area contributed by atoms with E-state index < -0.39 is 22.1 Å². The minimum Gasteiger partial charge on any atom is -0.326 e. The molecular formula is C23H17Cl5N4O2. The van der Waals surface area contributed by atoms with Gasteiger partial charge in [0.2, 0.25) is 5.91 Å². The number of hydrogen-bond donors (Lipinski definition) is 1. The van der Waals surface area contributed by atoms with Gasteiger partial charge in [-0.15, -0.1) is 28.3 Å². The number of nitrogens with zero attached hydrogens (tertiary/aromatic N) is 3. The molecule has 34 heavy (non-hydrogen) atoms. The number of halogens is 5. The van der Waals surface area contributed by atoms with E-state index in [1.807, 2.05) is 0 Å². The van der Waals surface area contributed by atoms with E-state index in [4.69, 9.17) is 58.0 Å². The number of anilines is 1. The maximum atomic E-state index is 13.0. The number of carbonyl (C=O) groups excluding carboxylic acids is 2. The Kier molecular flexibility index (Phi) is 7.09. The van der Waals surface area contributed by atoms with E-state index in [2.05, 4.69) is 20.5 Å². The first-order valence-electron chi connectivity index (χ1n) is 10.1. The molecule has 0 radical (unpaired) electrons. The third kappa shape index (κ3) is 5.16. The zero-order valence-electron chi connectivity index (χ0n) is 17.9. The Labute approximate surface area is 220 Å². The lowest BCUT2D eigenvalue weighted by molar-refractivity contribution is -0.117. The molecule has 2 unspecified atom stereocenters. The van der Waals surface area contributed by atoms with Gasteiger partial charge in [0.15, 0.2) is 11.6 Å². The van der Waals surface area contributed by atoms with Gasteiger partial charge in [-0.25, -0.2) is 4.98 Å². The number of carbonyl (C=O) groups is 2. The van der Waals surface area contributed by atoms with Crippen molar-refractivity contribution in [2.24, 2.45) is 5.92 Å². The van der Waals surface area contributed by atoms with Crippen molar-refractivity contribution in [3.63, 3.8) is 0 Å². The van der Waals surface area contributed by atoms with Crippen LogP contribution in [-0.4, -0.2) is 31.2 Å². The second-order valence-electron chi connectivity index (χ2n) is 8.02. The van der Waals surface area contributed by atoms with E-state index in [0.717, 1.165) is 0 Å². The van der Waals surface area contributed by atoms with Crippen molar-refractivity contribution in [1.82, 2.24) is 15.2 Å². The molecule has 11 heteroatoms. The normalized spacial score (nSPS) is 18.4. The summed E-state index contributed by atoms with van der Waals surface area (Å²) in [5.74, 6) is -1.67. The highest BCUT2D eigenvalue weighted by molar-refractivity contribution is 6.53. The van der Waals surface area contributed by atoms with Gasteiger partial charge in [0.05, 0.1) is 28.7 Å². The Morgan fingerprint density at radius 2 is 1.65 bits per heavy atom. The number of ketones is 1. The van der Waals surface area contributed by atoms with Crippen LogP contribution in [0.4, 0.5) is 5.69 Å². The second kappa shape index (κ2) is 9.59. The third-order valence-electron chi connectivity index (χ3n) is 5.57. The lowest BCUT2D eigenvalue weighted by Gasteiger charge is -2.09. The fourth-order valence-electron chi connectivity index (χ4n) is 3.67. The molecular weight excluding hydrogens is 542 g/mol. The van der Waals surface area contributed by atoms with Crippen molar-refractivity contribution >= 4 is 75.4 Å². The predicted molar refractivity (Wildman–Crippen MR) is 135 cm³/mol. The molecule has 0 aliphatic heterocycles. The molecule has 3 aromatic rings. The molecule has 4 rings (SSSR count). The highest BCUT2D eigenvalue weighted by Crippen LogP contribution is 2.65. The standard InChI is InChI=1S/C23H17Cl5N4O2/c1-10-11(2)31-32-19(29-10)9-18(33)16-8-15(3-4-17(16)26)30-22(34)21-20(23(21,27)28)12-5-13(24)7-14(25)6-12/h3-8,20-21H,9H2,1-2H3,(H,30,34). The van der Waals surface area contributed by atoms with Crippen LogP contribution in [0.5, 0.6) is 0 Å². The summed E-state index contributed by atoms with van der Waals surface area (Å²) in [6.45, 7) is 3.57. The van der Waals surface area contributed by atoms with Gasteiger partial charge in [-0.05, 0) is 55.8 Å². The first kappa shape index (κ1) is 25.1. The molecule has 0 spiro atoms. The Morgan fingerprint density at radius 1 is 0.971 bits per heavy atom. The first-order valence-corrected chi connectivity index (χ1v) is 12.0. The molecule has 1 heterocycles. The summed E-state index contributed by atoms with van der Waals surface area (Å²) < 4.78 is -1.32. The van der Waals surface area contributed by atoms with Gasteiger partial charge in [-0.2, -0.15) is 5.10 Å². The molecule has 1 aliphatic rings. The number of Topliss-reactive ketones (excluding diaryl/α,β-unsaturated/α-hetero) is 1. The summed E-state index contributed by atoms with van der Waals surface area (Å²) in [7, 11) is 0. The molecule has 1 aromatic heterocycles. The van der Waals surface area contributed by atoms with Crippen LogP contribution in [0.25, 0.3) is 0 Å². The SMILES string of the molecule is Cc1nnc(CC(=O)c2cc(NC(=O)C3C(c4cc(Cl)cc(Cl)c4)C3(Cl)Cl)ccc2Cl)nc1C. The van der Waals surface area contributed by atoms with Gasteiger partial charge in [-0.3, -0.25) is 9.59 Å². The lowest BCUT2D eigenvalue weighted by atomic mass is 10.1. The molecule has 1 saturated carbocycles. The molecule has 0 saturated heterocycles. The quantitative estimate of drug-likeness (QED) is 0.280. The zero-order valence-corrected chi connectivity index (χ0v) is 21.7. The van der Waals surface area contributed by atoms with E-state index in [-0.39, 0.29) is 28.6 Å². The van der Waals surface area contributed by atoms with Crippen LogP contribution in [0.1, 0.15) is 39.1 Å². The third-order valence-corrected chi connectivity index (χ3v) is 7.28. The summed E-state index contributed by atoms with van der Waals surface area (Å²) in [6, 6.07) is 9.54. The van der Waals surface area contributed by atoms with Crippen LogP contribution < -0.4 is 5.32 Å². The molecule has 1 aliphatic carbocycles. The van der Waals surface area contributed by atoms with Crippen LogP contribution in [0.3, 0.4) is 0 Å². The number of rotatable bonds is 6. The van der Waals surface area contributed by atoms with Gasteiger partial charge in [0.25, 0.3) is 0 Å². The largest absolute Gasteiger partial charge is 0.326 e. The average molecular weight is 559 g/mol. The van der Waals surface area contributed by atoms with E-state index >= 15 is 0 Å². The molecule has 2 atom stereocenters. The number of hydrogen-bond acceptors (Lipinski definition) is 5. The van der Waals surface area contributed by atoms with Crippen molar-refractivity contribution in [3.05, 3.63) is 79.8 Å². The fraction of sp³-hybridized carbons (Fsp3) is 0.261. The summed E-state index contributed by atoms with van der Waals surface area (Å²) in [4.78, 5) is 30.1. The molecule has 0 bridgehead atoms. The van der Waals surface area contributed by atoms with Crippen molar-refractivity contribution < 1.29 is 9.59 Å². The van der Waals surface area contributed by atoms with Gasteiger partial charge in [0, 0.05) is 27.2 Å². The Bertz CT molecular complexity index is 1290. The number of benzene rings is 2. The Balaban J connectivity index is 1.51. The number of nitrogens with one attached hydrogen (secondary N) is 1. The minimum atomic E-state index is -1.32. The van der Waals surface area contributed by atoms with Crippen LogP contribution in [-0.2, 0) is 11.2 Å². The maximum absolute atomic E-state index is 13.0. The number of aromatic nitrogens is 3. The average Bonchev–Trinajstić information content (AvgIpc) is 3.33. The topological polar surface area (TPSA) is 84.8 Å². The van der Waals surface area contributed by atoms with E-state index in [1.165, 1.54) is 12.1 Å². The summed E-state index contributed by atoms with van der Waals surface area (Å²) in [5, 5.41) is 11.8. The van der Waals surface area contributed by atoms with Crippen molar-refractivity contribution in [1.29, 1.82) is 0 Å². The molecule has 1 fully saturated rings. The van der Waals surface area contributed by atoms with Crippen molar-refractivity contribution in [2.75, 3.05) is 5.32 Å². The molecule has 176 valence electrons. The van der Waals surface area contributed by atoms with Gasteiger partial charge < -0.3 is 5.32 Å². The number of amides is 1. The van der Waals surface area contributed by atoms with Gasteiger partial charge in [-0.1, -0.05) is 34.8 Å². The van der Waals surface area contributed by atoms with E-state index in [0.29, 0.717) is 32.7 Å². The Hall–Kier alpha value is -1.96. The second-order valence-corrected chi connectivity index (χ2v) is 10.7. The summed E-state index contributed by atoms with van der Waals surface area (Å²) in [5.41, 5.74) is 2.63. The fourth-order valence-corrected chi connectivity index (χ4v) is 5.27.